The van der Waals surface area contributed by atoms with Gasteiger partial charge in [-0.05, 0) is 30.0 Å². The van der Waals surface area contributed by atoms with Gasteiger partial charge >= 0.3 is 0 Å². The summed E-state index contributed by atoms with van der Waals surface area (Å²) in [6, 6.07) is 5.47. The molecule has 0 saturated heterocycles. The van der Waals surface area contributed by atoms with E-state index in [0.29, 0.717) is 4.90 Å². The van der Waals surface area contributed by atoms with E-state index in [1.54, 1.807) is 18.5 Å². The summed E-state index contributed by atoms with van der Waals surface area (Å²) in [6.07, 6.45) is 3.39. The first kappa shape index (κ1) is 9.30. The number of hydrogen-bond donors (Lipinski definition) is 1. The molecule has 1 aromatic heterocycles. The monoisotopic (exact) mass is 207 g/mol. The van der Waals surface area contributed by atoms with Gasteiger partial charge < -0.3 is 4.55 Å². The van der Waals surface area contributed by atoms with E-state index in [1.807, 2.05) is 19.1 Å². The van der Waals surface area contributed by atoms with Gasteiger partial charge in [0.1, 0.15) is 0 Å². The van der Waals surface area contributed by atoms with E-state index in [-0.39, 0.29) is 0 Å². The van der Waals surface area contributed by atoms with Crippen LogP contribution in [0.2, 0.25) is 0 Å². The Morgan fingerprint density at radius 3 is 2.86 bits per heavy atom. The van der Waals surface area contributed by atoms with E-state index in [2.05, 4.69) is 4.98 Å². The standard InChI is InChI=1S/C10H9NO2S/c1-7-4-8-2-3-11-6-9(8)5-10(7)14(12)13/h2-6H,1H3,(H,12,13). The average molecular weight is 207 g/mol. The lowest BCUT2D eigenvalue weighted by Crippen LogP contribution is -1.92. The van der Waals surface area contributed by atoms with Gasteiger partial charge in [0.25, 0.3) is 0 Å². The second-order valence-corrected chi connectivity index (χ2v) is 4.03. The summed E-state index contributed by atoms with van der Waals surface area (Å²) >= 11 is -1.92. The number of nitrogens with zero attached hydrogens (tertiary/aromatic N) is 1. The van der Waals surface area contributed by atoms with Crippen molar-refractivity contribution in [1.29, 1.82) is 0 Å². The zero-order valence-corrected chi connectivity index (χ0v) is 8.41. The van der Waals surface area contributed by atoms with Crippen LogP contribution in [0.4, 0.5) is 0 Å². The van der Waals surface area contributed by atoms with E-state index in [1.165, 1.54) is 0 Å². The summed E-state index contributed by atoms with van der Waals surface area (Å²) in [6.45, 7) is 1.82. The molecule has 0 amide bonds. The molecule has 0 aliphatic heterocycles. The maximum atomic E-state index is 11.0. The number of benzene rings is 1. The Hall–Kier alpha value is -1.26. The summed E-state index contributed by atoms with van der Waals surface area (Å²) in [5.74, 6) is 0. The van der Waals surface area contributed by atoms with Crippen LogP contribution in [-0.4, -0.2) is 13.7 Å². The highest BCUT2D eigenvalue weighted by Gasteiger charge is 2.05. The van der Waals surface area contributed by atoms with Crippen LogP contribution >= 0.6 is 0 Å². The summed E-state index contributed by atoms with van der Waals surface area (Å²) in [5, 5.41) is 1.92. The van der Waals surface area contributed by atoms with E-state index < -0.39 is 11.1 Å². The van der Waals surface area contributed by atoms with Crippen molar-refractivity contribution < 1.29 is 8.76 Å². The van der Waals surface area contributed by atoms with Crippen LogP contribution in [0.15, 0.2) is 35.5 Å². The quantitative estimate of drug-likeness (QED) is 0.729. The van der Waals surface area contributed by atoms with E-state index in [9.17, 15) is 4.21 Å². The van der Waals surface area contributed by atoms with Crippen LogP contribution in [0.1, 0.15) is 5.56 Å². The number of rotatable bonds is 1. The first-order valence-electron chi connectivity index (χ1n) is 4.14. The molecule has 0 spiro atoms. The maximum absolute atomic E-state index is 11.0. The third-order valence-electron chi connectivity index (χ3n) is 2.12. The van der Waals surface area contributed by atoms with Crippen molar-refractivity contribution in [1.82, 2.24) is 4.98 Å². The molecular weight excluding hydrogens is 198 g/mol. The predicted octanol–water partition coefficient (Wildman–Crippen LogP) is 2.12. The first-order valence-corrected chi connectivity index (χ1v) is 5.24. The predicted molar refractivity (Wildman–Crippen MR) is 55.5 cm³/mol. The molecule has 0 fully saturated rings. The average Bonchev–Trinajstić information content (AvgIpc) is 2.16. The van der Waals surface area contributed by atoms with Gasteiger partial charge in [-0.15, -0.1) is 0 Å². The third-order valence-corrected chi connectivity index (χ3v) is 2.94. The molecule has 1 heterocycles. The lowest BCUT2D eigenvalue weighted by molar-refractivity contribution is 0.564. The van der Waals surface area contributed by atoms with Crippen molar-refractivity contribution in [3.63, 3.8) is 0 Å². The maximum Gasteiger partial charge on any atom is 0.186 e. The fraction of sp³-hybridized carbons (Fsp3) is 0.100. The van der Waals surface area contributed by atoms with Crippen molar-refractivity contribution >= 4 is 21.9 Å². The van der Waals surface area contributed by atoms with Gasteiger partial charge in [-0.3, -0.25) is 4.98 Å². The SMILES string of the molecule is Cc1cc2ccncc2cc1S(=O)O. The molecule has 1 N–H and O–H groups in total. The molecule has 14 heavy (non-hydrogen) atoms. The molecule has 2 aromatic rings. The zero-order valence-electron chi connectivity index (χ0n) is 7.60. The largest absolute Gasteiger partial charge is 0.302 e. The fourth-order valence-corrected chi connectivity index (χ4v) is 1.98. The van der Waals surface area contributed by atoms with Crippen molar-refractivity contribution in [2.45, 2.75) is 11.8 Å². The second kappa shape index (κ2) is 3.48. The number of fused-ring (bicyclic) bond motifs is 1. The van der Waals surface area contributed by atoms with Gasteiger partial charge in [-0.25, -0.2) is 4.21 Å². The van der Waals surface area contributed by atoms with Gasteiger partial charge in [0.15, 0.2) is 11.1 Å². The second-order valence-electron chi connectivity index (χ2n) is 3.09. The Labute approximate surface area is 84.1 Å². The zero-order chi connectivity index (χ0) is 10.1. The lowest BCUT2D eigenvalue weighted by Gasteiger charge is -2.03. The first-order chi connectivity index (χ1) is 6.68. The molecule has 1 atom stereocenters. The van der Waals surface area contributed by atoms with Gasteiger partial charge in [0.2, 0.25) is 0 Å². The molecule has 3 nitrogen and oxygen atoms in total. The van der Waals surface area contributed by atoms with Crippen molar-refractivity contribution in [3.8, 4) is 0 Å². The molecular formula is C10H9NO2S. The number of aromatic nitrogens is 1. The van der Waals surface area contributed by atoms with Crippen molar-refractivity contribution in [3.05, 3.63) is 36.2 Å². The lowest BCUT2D eigenvalue weighted by atomic mass is 10.1. The van der Waals surface area contributed by atoms with Gasteiger partial charge in [0, 0.05) is 17.8 Å². The number of aryl methyl sites for hydroxylation is 1. The van der Waals surface area contributed by atoms with Gasteiger partial charge in [0.05, 0.1) is 4.90 Å². The summed E-state index contributed by atoms with van der Waals surface area (Å²) in [7, 11) is 0. The molecule has 2 rings (SSSR count). The Morgan fingerprint density at radius 1 is 1.36 bits per heavy atom. The van der Waals surface area contributed by atoms with Crippen molar-refractivity contribution in [2.24, 2.45) is 0 Å². The minimum absolute atomic E-state index is 0.450. The minimum Gasteiger partial charge on any atom is -0.302 e. The Kier molecular flexibility index (Phi) is 2.31. The summed E-state index contributed by atoms with van der Waals surface area (Å²) in [4.78, 5) is 4.41. The number of hydrogen-bond acceptors (Lipinski definition) is 2. The van der Waals surface area contributed by atoms with E-state index >= 15 is 0 Å². The third kappa shape index (κ3) is 1.54. The molecule has 0 bridgehead atoms. The highest BCUT2D eigenvalue weighted by molar-refractivity contribution is 7.79. The highest BCUT2D eigenvalue weighted by Crippen LogP contribution is 2.20. The van der Waals surface area contributed by atoms with Crippen LogP contribution in [0.25, 0.3) is 10.8 Å². The van der Waals surface area contributed by atoms with Crippen molar-refractivity contribution in [2.75, 3.05) is 0 Å². The molecule has 0 aliphatic rings. The molecule has 1 aromatic carbocycles. The topological polar surface area (TPSA) is 50.2 Å². The van der Waals surface area contributed by atoms with Crippen LogP contribution < -0.4 is 0 Å². The van der Waals surface area contributed by atoms with Gasteiger partial charge in [-0.1, -0.05) is 6.07 Å². The summed E-state index contributed by atoms with van der Waals surface area (Å²) < 4.78 is 20.0. The number of pyridine rings is 1. The van der Waals surface area contributed by atoms with E-state index in [4.69, 9.17) is 4.55 Å². The highest BCUT2D eigenvalue weighted by atomic mass is 32.2. The molecule has 4 heteroatoms. The van der Waals surface area contributed by atoms with Crippen LogP contribution in [0, 0.1) is 6.92 Å². The Balaban J connectivity index is 2.77. The fourth-order valence-electron chi connectivity index (χ4n) is 1.42. The smallest absolute Gasteiger partial charge is 0.186 e. The summed E-state index contributed by atoms with van der Waals surface area (Å²) in [5.41, 5.74) is 0.824. The minimum atomic E-state index is -1.92. The normalized spacial score (nSPS) is 13.0. The molecule has 0 saturated carbocycles. The van der Waals surface area contributed by atoms with Crippen LogP contribution in [0.3, 0.4) is 0 Å². The molecule has 72 valence electrons. The van der Waals surface area contributed by atoms with Crippen LogP contribution in [-0.2, 0) is 11.1 Å². The van der Waals surface area contributed by atoms with Gasteiger partial charge in [-0.2, -0.15) is 0 Å². The Bertz CT molecular complexity index is 510. The van der Waals surface area contributed by atoms with Crippen LogP contribution in [0.5, 0.6) is 0 Å². The van der Waals surface area contributed by atoms with E-state index in [0.717, 1.165) is 16.3 Å². The molecule has 1 unspecified atom stereocenters. The molecule has 0 aliphatic carbocycles. The Morgan fingerprint density at radius 2 is 2.14 bits per heavy atom. The molecule has 0 radical (unpaired) electrons.